The topological polar surface area (TPSA) is 101 Å². The predicted octanol–water partition coefficient (Wildman–Crippen LogP) is -1.43. The van der Waals surface area contributed by atoms with Crippen molar-refractivity contribution in [3.05, 3.63) is 28.2 Å². The maximum Gasteiger partial charge on any atom is 0.274 e. The molecule has 1 fully saturated rings. The Bertz CT molecular complexity index is 439. The molecule has 1 amide bonds. The lowest BCUT2D eigenvalue weighted by molar-refractivity contribution is 0.000458. The van der Waals surface area contributed by atoms with Crippen molar-refractivity contribution in [2.24, 2.45) is 5.73 Å². The number of rotatable bonds is 2. The van der Waals surface area contributed by atoms with E-state index in [0.29, 0.717) is 26.3 Å². The summed E-state index contributed by atoms with van der Waals surface area (Å²) in [6, 6.07) is 2.55. The number of nitrogens with zero attached hydrogens (tertiary/aromatic N) is 2. The molecule has 0 radical (unpaired) electrons. The molecule has 1 unspecified atom stereocenters. The van der Waals surface area contributed by atoms with Crippen LogP contribution in [0.2, 0.25) is 0 Å². The van der Waals surface area contributed by atoms with Crippen LogP contribution in [-0.4, -0.2) is 53.3 Å². The highest BCUT2D eigenvalue weighted by Gasteiger charge is 2.27. The highest BCUT2D eigenvalue weighted by molar-refractivity contribution is 5.92. The molecule has 2 rings (SSSR count). The molecular weight excluding hydrogens is 224 g/mol. The fourth-order valence-corrected chi connectivity index (χ4v) is 1.73. The van der Waals surface area contributed by atoms with Gasteiger partial charge in [0.05, 0.1) is 19.3 Å². The average molecular weight is 238 g/mol. The lowest BCUT2D eigenvalue weighted by atomic mass is 10.2. The molecule has 1 atom stereocenters. The van der Waals surface area contributed by atoms with Gasteiger partial charge in [-0.2, -0.15) is 5.10 Å². The van der Waals surface area contributed by atoms with Crippen molar-refractivity contribution in [2.75, 3.05) is 26.3 Å². The predicted molar refractivity (Wildman–Crippen MR) is 59.6 cm³/mol. The molecule has 1 aromatic rings. The Labute approximate surface area is 97.6 Å². The van der Waals surface area contributed by atoms with E-state index in [-0.39, 0.29) is 23.2 Å². The van der Waals surface area contributed by atoms with Gasteiger partial charge in [0.25, 0.3) is 11.5 Å². The van der Waals surface area contributed by atoms with E-state index < -0.39 is 0 Å². The molecule has 0 spiro atoms. The van der Waals surface area contributed by atoms with Crippen molar-refractivity contribution in [3.63, 3.8) is 0 Å². The molecule has 0 aromatic carbocycles. The zero-order valence-electron chi connectivity index (χ0n) is 9.26. The second-order valence-corrected chi connectivity index (χ2v) is 3.77. The molecule has 2 heterocycles. The molecule has 1 aromatic heterocycles. The third kappa shape index (κ3) is 2.51. The van der Waals surface area contributed by atoms with Crippen molar-refractivity contribution < 1.29 is 9.53 Å². The third-order valence-electron chi connectivity index (χ3n) is 2.66. The van der Waals surface area contributed by atoms with Gasteiger partial charge in [0.2, 0.25) is 0 Å². The highest BCUT2D eigenvalue weighted by Crippen LogP contribution is 2.09. The largest absolute Gasteiger partial charge is 0.377 e. The van der Waals surface area contributed by atoms with Crippen molar-refractivity contribution in [2.45, 2.75) is 6.04 Å². The Kier molecular flexibility index (Phi) is 3.50. The van der Waals surface area contributed by atoms with Gasteiger partial charge in [0, 0.05) is 19.2 Å². The first kappa shape index (κ1) is 11.7. The zero-order valence-corrected chi connectivity index (χ0v) is 9.26. The van der Waals surface area contributed by atoms with Gasteiger partial charge in [0.1, 0.15) is 5.69 Å². The first-order valence-electron chi connectivity index (χ1n) is 5.37. The van der Waals surface area contributed by atoms with Crippen molar-refractivity contribution in [1.29, 1.82) is 0 Å². The Balaban J connectivity index is 2.18. The van der Waals surface area contributed by atoms with Crippen LogP contribution in [0.4, 0.5) is 0 Å². The molecule has 3 N–H and O–H groups in total. The summed E-state index contributed by atoms with van der Waals surface area (Å²) >= 11 is 0. The lowest BCUT2D eigenvalue weighted by Gasteiger charge is -2.34. The Hall–Kier alpha value is -1.73. The Morgan fingerprint density at radius 3 is 3.12 bits per heavy atom. The third-order valence-corrected chi connectivity index (χ3v) is 2.66. The average Bonchev–Trinajstić information content (AvgIpc) is 2.39. The van der Waals surface area contributed by atoms with Crippen LogP contribution in [0.5, 0.6) is 0 Å². The Morgan fingerprint density at radius 1 is 1.65 bits per heavy atom. The van der Waals surface area contributed by atoms with Gasteiger partial charge >= 0.3 is 0 Å². The van der Waals surface area contributed by atoms with E-state index in [1.54, 1.807) is 4.90 Å². The van der Waals surface area contributed by atoms with Gasteiger partial charge in [-0.3, -0.25) is 9.59 Å². The van der Waals surface area contributed by atoms with Gasteiger partial charge < -0.3 is 15.4 Å². The molecule has 1 aliphatic rings. The molecule has 17 heavy (non-hydrogen) atoms. The van der Waals surface area contributed by atoms with Crippen LogP contribution in [0.15, 0.2) is 16.9 Å². The molecule has 1 aliphatic heterocycles. The number of nitrogens with two attached hydrogens (primary N) is 1. The van der Waals surface area contributed by atoms with Crippen LogP contribution in [0.3, 0.4) is 0 Å². The summed E-state index contributed by atoms with van der Waals surface area (Å²) in [5.74, 6) is -0.236. The number of hydrogen-bond donors (Lipinski definition) is 2. The normalized spacial score (nSPS) is 20.3. The first-order valence-corrected chi connectivity index (χ1v) is 5.37. The molecular formula is C10H14N4O3. The van der Waals surface area contributed by atoms with Crippen molar-refractivity contribution >= 4 is 5.91 Å². The fourth-order valence-electron chi connectivity index (χ4n) is 1.73. The van der Waals surface area contributed by atoms with Crippen LogP contribution in [0.1, 0.15) is 10.5 Å². The number of hydrogen-bond acceptors (Lipinski definition) is 5. The molecule has 0 saturated carbocycles. The summed E-state index contributed by atoms with van der Waals surface area (Å²) < 4.78 is 5.26. The van der Waals surface area contributed by atoms with Crippen LogP contribution in [0.25, 0.3) is 0 Å². The minimum absolute atomic E-state index is 0.134. The first-order chi connectivity index (χ1) is 8.22. The summed E-state index contributed by atoms with van der Waals surface area (Å²) in [5.41, 5.74) is 5.46. The number of ether oxygens (including phenoxy) is 1. The molecule has 1 saturated heterocycles. The zero-order chi connectivity index (χ0) is 12.3. The lowest BCUT2D eigenvalue weighted by Crippen LogP contribution is -2.52. The van der Waals surface area contributed by atoms with Gasteiger partial charge in [-0.05, 0) is 6.07 Å². The van der Waals surface area contributed by atoms with Crippen LogP contribution >= 0.6 is 0 Å². The number of carbonyl (C=O) groups is 1. The summed E-state index contributed by atoms with van der Waals surface area (Å²) in [6.45, 7) is 1.76. The van der Waals surface area contributed by atoms with E-state index in [9.17, 15) is 9.59 Å². The number of morpholine rings is 1. The number of amides is 1. The SMILES string of the molecule is NCC1COCCN1C(=O)c1ccc(=O)[nH]n1. The second-order valence-electron chi connectivity index (χ2n) is 3.77. The van der Waals surface area contributed by atoms with Gasteiger partial charge in [-0.1, -0.05) is 0 Å². The van der Waals surface area contributed by atoms with Crippen LogP contribution < -0.4 is 11.3 Å². The minimum atomic E-state index is -0.334. The summed E-state index contributed by atoms with van der Waals surface area (Å²) in [5, 5.41) is 5.95. The maximum atomic E-state index is 12.1. The number of nitrogens with one attached hydrogen (secondary N) is 1. The quantitative estimate of drug-likeness (QED) is 0.657. The standard InChI is InChI=1S/C10H14N4O3/c11-5-7-6-17-4-3-14(7)10(16)8-1-2-9(15)13-12-8/h1-2,7H,3-6,11H2,(H,13,15). The van der Waals surface area contributed by atoms with E-state index in [0.717, 1.165) is 0 Å². The number of aromatic amines is 1. The van der Waals surface area contributed by atoms with Crippen LogP contribution in [0, 0.1) is 0 Å². The Morgan fingerprint density at radius 2 is 2.47 bits per heavy atom. The summed E-state index contributed by atoms with van der Waals surface area (Å²) in [7, 11) is 0. The van der Waals surface area contributed by atoms with Crippen molar-refractivity contribution in [3.8, 4) is 0 Å². The molecule has 0 aliphatic carbocycles. The highest BCUT2D eigenvalue weighted by atomic mass is 16.5. The van der Waals surface area contributed by atoms with E-state index in [4.69, 9.17) is 10.5 Å². The fraction of sp³-hybridized carbons (Fsp3) is 0.500. The number of carbonyl (C=O) groups excluding carboxylic acids is 1. The maximum absolute atomic E-state index is 12.1. The summed E-state index contributed by atoms with van der Waals surface area (Å²) in [6.07, 6.45) is 0. The van der Waals surface area contributed by atoms with Crippen molar-refractivity contribution in [1.82, 2.24) is 15.1 Å². The van der Waals surface area contributed by atoms with E-state index in [2.05, 4.69) is 10.2 Å². The van der Waals surface area contributed by atoms with Gasteiger partial charge in [0.15, 0.2) is 0 Å². The molecule has 7 heteroatoms. The summed E-state index contributed by atoms with van der Waals surface area (Å²) in [4.78, 5) is 24.6. The second kappa shape index (κ2) is 5.07. The monoisotopic (exact) mass is 238 g/mol. The van der Waals surface area contributed by atoms with E-state index in [1.807, 2.05) is 0 Å². The smallest absolute Gasteiger partial charge is 0.274 e. The number of aromatic nitrogens is 2. The number of H-pyrrole nitrogens is 1. The van der Waals surface area contributed by atoms with Crippen LogP contribution in [-0.2, 0) is 4.74 Å². The van der Waals surface area contributed by atoms with Gasteiger partial charge in [-0.25, -0.2) is 5.10 Å². The minimum Gasteiger partial charge on any atom is -0.377 e. The molecule has 7 nitrogen and oxygen atoms in total. The van der Waals surface area contributed by atoms with E-state index >= 15 is 0 Å². The molecule has 0 bridgehead atoms. The molecule has 92 valence electrons. The van der Waals surface area contributed by atoms with Gasteiger partial charge in [-0.15, -0.1) is 0 Å². The van der Waals surface area contributed by atoms with E-state index in [1.165, 1.54) is 12.1 Å².